The Morgan fingerprint density at radius 1 is 0.935 bits per heavy atom. The summed E-state index contributed by atoms with van der Waals surface area (Å²) in [5.41, 5.74) is 9.97. The third-order valence-electron chi connectivity index (χ3n) is 6.55. The highest BCUT2D eigenvalue weighted by molar-refractivity contribution is 5.99. The Morgan fingerprint density at radius 2 is 1.71 bits per heavy atom. The maximum absolute atomic E-state index is 14.2. The zero-order valence-corrected chi connectivity index (χ0v) is 18.8. The third kappa shape index (κ3) is 3.11. The van der Waals surface area contributed by atoms with E-state index in [0.717, 1.165) is 40.0 Å². The van der Waals surface area contributed by atoms with E-state index in [4.69, 9.17) is 4.98 Å². The molecule has 1 aliphatic rings. The number of benzene rings is 3. The Kier molecular flexibility index (Phi) is 4.40. The largest absolute Gasteiger partial charge is 0.340 e. The molecule has 31 heavy (non-hydrogen) atoms. The molecule has 5 rings (SSSR count). The van der Waals surface area contributed by atoms with Crippen LogP contribution in [0, 0.1) is 26.6 Å². The summed E-state index contributed by atoms with van der Waals surface area (Å²) < 4.78 is 14.2. The normalized spacial score (nSPS) is 14.8. The molecule has 3 heteroatoms. The van der Waals surface area contributed by atoms with E-state index in [1.165, 1.54) is 16.8 Å². The first-order valence-electron chi connectivity index (χ1n) is 10.8. The first-order chi connectivity index (χ1) is 14.8. The number of fused-ring (bicyclic) bond motifs is 2. The highest BCUT2D eigenvalue weighted by atomic mass is 19.1. The van der Waals surface area contributed by atoms with Gasteiger partial charge in [0.1, 0.15) is 5.82 Å². The van der Waals surface area contributed by atoms with E-state index in [0.29, 0.717) is 5.52 Å². The Hall–Kier alpha value is -3.20. The van der Waals surface area contributed by atoms with E-state index < -0.39 is 0 Å². The fourth-order valence-corrected chi connectivity index (χ4v) is 4.97. The predicted molar refractivity (Wildman–Crippen MR) is 128 cm³/mol. The van der Waals surface area contributed by atoms with Crippen LogP contribution < -0.4 is 4.90 Å². The molecule has 156 valence electrons. The van der Waals surface area contributed by atoms with Crippen molar-refractivity contribution in [2.45, 2.75) is 40.0 Å². The first-order valence-corrected chi connectivity index (χ1v) is 10.8. The zero-order chi connectivity index (χ0) is 21.9. The van der Waals surface area contributed by atoms with Crippen molar-refractivity contribution in [3.8, 4) is 11.3 Å². The van der Waals surface area contributed by atoms with Crippen molar-refractivity contribution in [3.05, 3.63) is 88.7 Å². The van der Waals surface area contributed by atoms with Gasteiger partial charge in [0.05, 0.1) is 16.9 Å². The lowest BCUT2D eigenvalue weighted by molar-refractivity contribution is 0.569. The van der Waals surface area contributed by atoms with Crippen LogP contribution in [0.3, 0.4) is 0 Å². The van der Waals surface area contributed by atoms with Gasteiger partial charge in [-0.3, -0.25) is 0 Å². The van der Waals surface area contributed by atoms with E-state index >= 15 is 0 Å². The molecule has 0 saturated heterocycles. The minimum atomic E-state index is -0.261. The molecule has 4 aromatic rings. The van der Waals surface area contributed by atoms with Crippen LogP contribution in [0.1, 0.15) is 36.1 Å². The highest BCUT2D eigenvalue weighted by Crippen LogP contribution is 2.48. The number of hydrogen-bond donors (Lipinski definition) is 0. The first kappa shape index (κ1) is 19.7. The van der Waals surface area contributed by atoms with E-state index in [9.17, 15) is 4.39 Å². The van der Waals surface area contributed by atoms with Crippen LogP contribution in [0.2, 0.25) is 0 Å². The number of aryl methyl sites for hydroxylation is 2. The summed E-state index contributed by atoms with van der Waals surface area (Å²) in [4.78, 5) is 7.36. The molecule has 1 aromatic heterocycles. The van der Waals surface area contributed by atoms with Crippen LogP contribution >= 0.6 is 0 Å². The second kappa shape index (κ2) is 6.91. The van der Waals surface area contributed by atoms with E-state index in [1.54, 1.807) is 12.1 Å². The Balaban J connectivity index is 1.85. The second-order valence-electron chi connectivity index (χ2n) is 9.40. The summed E-state index contributed by atoms with van der Waals surface area (Å²) in [6.45, 7) is 11.8. The zero-order valence-electron chi connectivity index (χ0n) is 18.8. The van der Waals surface area contributed by atoms with Gasteiger partial charge in [0.2, 0.25) is 0 Å². The molecule has 0 atom stereocenters. The number of halogens is 1. The fourth-order valence-electron chi connectivity index (χ4n) is 4.97. The van der Waals surface area contributed by atoms with Gasteiger partial charge in [-0.25, -0.2) is 9.37 Å². The Bertz CT molecular complexity index is 1340. The molecule has 0 amide bonds. The van der Waals surface area contributed by atoms with Gasteiger partial charge in [0.25, 0.3) is 0 Å². The molecule has 0 N–H and O–H groups in total. The summed E-state index contributed by atoms with van der Waals surface area (Å²) in [5, 5.41) is 0.987. The van der Waals surface area contributed by atoms with Crippen LogP contribution in [0.25, 0.3) is 22.2 Å². The fraction of sp³-hybridized carbons (Fsp3) is 0.250. The molecule has 0 spiro atoms. The number of hydrogen-bond acceptors (Lipinski definition) is 2. The van der Waals surface area contributed by atoms with Gasteiger partial charge in [0.15, 0.2) is 0 Å². The van der Waals surface area contributed by atoms with Crippen molar-refractivity contribution in [2.24, 2.45) is 0 Å². The number of pyridine rings is 1. The molecular weight excluding hydrogens is 383 g/mol. The molecule has 0 fully saturated rings. The smallest absolute Gasteiger partial charge is 0.125 e. The molecule has 2 nitrogen and oxygen atoms in total. The Labute approximate surface area is 183 Å². The molecule has 0 unspecified atom stereocenters. The van der Waals surface area contributed by atoms with E-state index in [2.05, 4.69) is 69.9 Å². The number of anilines is 2. The molecule has 0 aliphatic carbocycles. The van der Waals surface area contributed by atoms with E-state index in [1.807, 2.05) is 18.2 Å². The molecule has 0 saturated carbocycles. The number of rotatable bonds is 2. The lowest BCUT2D eigenvalue weighted by atomic mass is 9.87. The van der Waals surface area contributed by atoms with Crippen LogP contribution in [-0.4, -0.2) is 11.5 Å². The number of nitrogens with zero attached hydrogens (tertiary/aromatic N) is 2. The SMILES string of the molecule is Cc1ccc2c(c1)N(c1c(C)c(-c3ccccc3C)nc3cc(F)ccc13)CC2(C)C. The van der Waals surface area contributed by atoms with E-state index in [-0.39, 0.29) is 11.2 Å². The van der Waals surface area contributed by atoms with Crippen molar-refractivity contribution >= 4 is 22.3 Å². The van der Waals surface area contributed by atoms with Crippen molar-refractivity contribution in [2.75, 3.05) is 11.4 Å². The lowest BCUT2D eigenvalue weighted by Gasteiger charge is -2.27. The molecule has 0 bridgehead atoms. The summed E-state index contributed by atoms with van der Waals surface area (Å²) in [7, 11) is 0. The van der Waals surface area contributed by atoms with Crippen LogP contribution in [0.5, 0.6) is 0 Å². The van der Waals surface area contributed by atoms with Crippen LogP contribution in [0.15, 0.2) is 60.7 Å². The monoisotopic (exact) mass is 410 g/mol. The summed E-state index contributed by atoms with van der Waals surface area (Å²) in [6, 6.07) is 20.0. The van der Waals surface area contributed by atoms with Gasteiger partial charge in [0, 0.05) is 34.7 Å². The summed E-state index contributed by atoms with van der Waals surface area (Å²) in [5.74, 6) is -0.261. The van der Waals surface area contributed by atoms with Crippen molar-refractivity contribution < 1.29 is 4.39 Å². The maximum atomic E-state index is 14.2. The Morgan fingerprint density at radius 3 is 2.48 bits per heavy atom. The van der Waals surface area contributed by atoms with Crippen LogP contribution in [-0.2, 0) is 5.41 Å². The van der Waals surface area contributed by atoms with Crippen molar-refractivity contribution in [1.82, 2.24) is 4.98 Å². The molecule has 1 aliphatic heterocycles. The third-order valence-corrected chi connectivity index (χ3v) is 6.55. The average Bonchev–Trinajstić information content (AvgIpc) is 2.98. The van der Waals surface area contributed by atoms with Crippen molar-refractivity contribution in [1.29, 1.82) is 0 Å². The standard InChI is InChI=1S/C28H27FN2/c1-17-10-13-23-25(14-17)31(16-28(23,4)5)27-19(3)26(21-9-7-6-8-18(21)2)30-24-15-20(29)11-12-22(24)27/h6-15H,16H2,1-5H3. The van der Waals surface area contributed by atoms with Gasteiger partial charge in [-0.2, -0.15) is 0 Å². The molecule has 3 aromatic carbocycles. The molecular formula is C28H27FN2. The second-order valence-corrected chi connectivity index (χ2v) is 9.40. The average molecular weight is 411 g/mol. The van der Waals surface area contributed by atoms with Gasteiger partial charge >= 0.3 is 0 Å². The minimum Gasteiger partial charge on any atom is -0.340 e. The summed E-state index contributed by atoms with van der Waals surface area (Å²) >= 11 is 0. The quantitative estimate of drug-likeness (QED) is 0.342. The lowest BCUT2D eigenvalue weighted by Crippen LogP contribution is -2.25. The number of aromatic nitrogens is 1. The minimum absolute atomic E-state index is 0.0217. The van der Waals surface area contributed by atoms with Crippen LogP contribution in [0.4, 0.5) is 15.8 Å². The highest BCUT2D eigenvalue weighted by Gasteiger charge is 2.37. The molecule has 0 radical (unpaired) electrons. The predicted octanol–water partition coefficient (Wildman–Crippen LogP) is 7.40. The van der Waals surface area contributed by atoms with Gasteiger partial charge < -0.3 is 4.90 Å². The molecule has 2 heterocycles. The maximum Gasteiger partial charge on any atom is 0.125 e. The topological polar surface area (TPSA) is 16.1 Å². The van der Waals surface area contributed by atoms with Gasteiger partial charge in [-0.15, -0.1) is 0 Å². The summed E-state index contributed by atoms with van der Waals surface area (Å²) in [6.07, 6.45) is 0. The van der Waals surface area contributed by atoms with Gasteiger partial charge in [-0.05, 0) is 61.2 Å². The van der Waals surface area contributed by atoms with Gasteiger partial charge in [-0.1, -0.05) is 50.2 Å². The van der Waals surface area contributed by atoms with Crippen molar-refractivity contribution in [3.63, 3.8) is 0 Å².